The summed E-state index contributed by atoms with van der Waals surface area (Å²) in [6.07, 6.45) is 1.79. The molecule has 0 saturated carbocycles. The van der Waals surface area contributed by atoms with Crippen LogP contribution in [0.15, 0.2) is 17.6 Å². The van der Waals surface area contributed by atoms with Crippen LogP contribution in [-0.2, 0) is 0 Å². The molecule has 2 aromatic heterocycles. The normalized spacial score (nSPS) is 11.9. The van der Waals surface area contributed by atoms with Gasteiger partial charge in [0.15, 0.2) is 0 Å². The Kier molecular flexibility index (Phi) is 2.58. The Morgan fingerprint density at radius 1 is 1.53 bits per heavy atom. The zero-order valence-electron chi connectivity index (χ0n) is 8.69. The molecule has 0 aromatic carbocycles. The average molecular weight is 223 g/mol. The van der Waals surface area contributed by atoms with Crippen molar-refractivity contribution in [3.8, 4) is 0 Å². The first kappa shape index (κ1) is 10.3. The molecule has 2 N–H and O–H groups in total. The molecule has 0 unspecified atom stereocenters. The van der Waals surface area contributed by atoms with Gasteiger partial charge in [-0.25, -0.2) is 9.97 Å². The van der Waals surface area contributed by atoms with E-state index in [1.807, 2.05) is 25.3 Å². The maximum atomic E-state index is 9.11. The Bertz CT molecular complexity index is 466. The molecule has 0 spiro atoms. The van der Waals surface area contributed by atoms with E-state index >= 15 is 0 Å². The molecule has 5 heteroatoms. The number of hydrogen-bond acceptors (Lipinski definition) is 5. The zero-order chi connectivity index (χ0) is 10.9. The summed E-state index contributed by atoms with van der Waals surface area (Å²) in [7, 11) is 0. The maximum Gasteiger partial charge on any atom is 0.223 e. The molecule has 0 aliphatic carbocycles. The van der Waals surface area contributed by atoms with Gasteiger partial charge < -0.3 is 10.4 Å². The summed E-state index contributed by atoms with van der Waals surface area (Å²) in [4.78, 5) is 8.53. The summed E-state index contributed by atoms with van der Waals surface area (Å²) in [5, 5.41) is 14.2. The van der Waals surface area contributed by atoms with Crippen LogP contribution in [0.2, 0.25) is 0 Å². The summed E-state index contributed by atoms with van der Waals surface area (Å²) in [5.41, 5.74) is 0.537. The van der Waals surface area contributed by atoms with Crippen LogP contribution in [0, 0.1) is 0 Å². The number of fused-ring (bicyclic) bond motifs is 1. The molecule has 0 saturated heterocycles. The van der Waals surface area contributed by atoms with Crippen molar-refractivity contribution in [2.24, 2.45) is 0 Å². The molecule has 2 rings (SSSR count). The molecule has 2 aromatic rings. The van der Waals surface area contributed by atoms with Gasteiger partial charge in [-0.15, -0.1) is 11.3 Å². The Morgan fingerprint density at radius 2 is 2.33 bits per heavy atom. The molecular weight excluding hydrogens is 210 g/mol. The first-order valence-corrected chi connectivity index (χ1v) is 5.58. The van der Waals surface area contributed by atoms with Gasteiger partial charge in [0, 0.05) is 0 Å². The summed E-state index contributed by atoms with van der Waals surface area (Å²) in [6.45, 7) is 3.83. The van der Waals surface area contributed by atoms with Gasteiger partial charge in [-0.3, -0.25) is 0 Å². The van der Waals surface area contributed by atoms with E-state index in [1.165, 1.54) is 0 Å². The predicted octanol–water partition coefficient (Wildman–Crippen LogP) is 1.87. The fraction of sp³-hybridized carbons (Fsp3) is 0.400. The van der Waals surface area contributed by atoms with Crippen molar-refractivity contribution in [1.29, 1.82) is 0 Å². The van der Waals surface area contributed by atoms with Crippen LogP contribution in [0.5, 0.6) is 0 Å². The van der Waals surface area contributed by atoms with Gasteiger partial charge in [-0.05, 0) is 25.3 Å². The van der Waals surface area contributed by atoms with Gasteiger partial charge in [-0.1, -0.05) is 0 Å². The minimum atomic E-state index is -0.399. The topological polar surface area (TPSA) is 58.0 Å². The second kappa shape index (κ2) is 3.75. The van der Waals surface area contributed by atoms with Crippen LogP contribution in [-0.4, -0.2) is 27.2 Å². The lowest BCUT2D eigenvalue weighted by atomic mass is 10.1. The van der Waals surface area contributed by atoms with E-state index in [-0.39, 0.29) is 6.61 Å². The number of nitrogens with one attached hydrogen (secondary N) is 1. The highest BCUT2D eigenvalue weighted by atomic mass is 32.1. The first-order valence-electron chi connectivity index (χ1n) is 4.70. The second-order valence-electron chi connectivity index (χ2n) is 4.03. The van der Waals surface area contributed by atoms with E-state index in [9.17, 15) is 0 Å². The van der Waals surface area contributed by atoms with Crippen molar-refractivity contribution in [2.45, 2.75) is 19.4 Å². The van der Waals surface area contributed by atoms with Crippen LogP contribution < -0.4 is 5.32 Å². The fourth-order valence-electron chi connectivity index (χ4n) is 1.17. The Morgan fingerprint density at radius 3 is 3.07 bits per heavy atom. The van der Waals surface area contributed by atoms with E-state index in [4.69, 9.17) is 5.11 Å². The summed E-state index contributed by atoms with van der Waals surface area (Å²) in [6, 6.07) is 1.96. The number of nitrogens with zero attached hydrogens (tertiary/aromatic N) is 2. The lowest BCUT2D eigenvalue weighted by molar-refractivity contribution is 0.233. The van der Waals surface area contributed by atoms with Gasteiger partial charge in [0.2, 0.25) is 5.95 Å². The molecule has 80 valence electrons. The molecule has 0 bridgehead atoms. The highest BCUT2D eigenvalue weighted by Crippen LogP contribution is 2.19. The standard InChI is InChI=1S/C10H13N3OS/c1-10(2,6-14)13-9-11-5-8-7(12-9)3-4-15-8/h3-5,14H,6H2,1-2H3,(H,11,12,13). The molecule has 0 amide bonds. The lowest BCUT2D eigenvalue weighted by Gasteiger charge is -2.23. The Hall–Kier alpha value is -1.20. The predicted molar refractivity (Wildman–Crippen MR) is 62.2 cm³/mol. The van der Waals surface area contributed by atoms with Crippen LogP contribution in [0.3, 0.4) is 0 Å². The lowest BCUT2D eigenvalue weighted by Crippen LogP contribution is -2.35. The van der Waals surface area contributed by atoms with Crippen LogP contribution >= 0.6 is 11.3 Å². The van der Waals surface area contributed by atoms with E-state index in [1.54, 1.807) is 17.5 Å². The van der Waals surface area contributed by atoms with Crippen molar-refractivity contribution in [3.63, 3.8) is 0 Å². The zero-order valence-corrected chi connectivity index (χ0v) is 9.51. The third kappa shape index (κ3) is 2.24. The van der Waals surface area contributed by atoms with Crippen molar-refractivity contribution in [1.82, 2.24) is 9.97 Å². The molecule has 2 heterocycles. The minimum absolute atomic E-state index is 0.0397. The molecular formula is C10H13N3OS. The van der Waals surface area contributed by atoms with Crippen LogP contribution in [0.1, 0.15) is 13.8 Å². The SMILES string of the molecule is CC(C)(CO)Nc1ncc2sccc2n1. The van der Waals surface area contributed by atoms with Crippen molar-refractivity contribution < 1.29 is 5.11 Å². The van der Waals surface area contributed by atoms with Crippen molar-refractivity contribution in [3.05, 3.63) is 17.6 Å². The van der Waals surface area contributed by atoms with Gasteiger partial charge in [0.25, 0.3) is 0 Å². The number of rotatable bonds is 3. The third-order valence-corrected chi connectivity index (χ3v) is 2.89. The molecule has 0 radical (unpaired) electrons. The van der Waals surface area contributed by atoms with E-state index in [0.29, 0.717) is 5.95 Å². The Labute approximate surface area is 92.0 Å². The monoisotopic (exact) mass is 223 g/mol. The number of aliphatic hydroxyl groups excluding tert-OH is 1. The van der Waals surface area contributed by atoms with Crippen molar-refractivity contribution >= 4 is 27.5 Å². The van der Waals surface area contributed by atoms with Crippen molar-refractivity contribution in [2.75, 3.05) is 11.9 Å². The van der Waals surface area contributed by atoms with Gasteiger partial charge in [-0.2, -0.15) is 0 Å². The van der Waals surface area contributed by atoms with E-state index in [0.717, 1.165) is 10.2 Å². The molecule has 0 fully saturated rings. The highest BCUT2D eigenvalue weighted by Gasteiger charge is 2.17. The molecule has 15 heavy (non-hydrogen) atoms. The number of anilines is 1. The van der Waals surface area contributed by atoms with Crippen LogP contribution in [0.25, 0.3) is 10.2 Å². The van der Waals surface area contributed by atoms with Crippen LogP contribution in [0.4, 0.5) is 5.95 Å². The van der Waals surface area contributed by atoms with Gasteiger partial charge >= 0.3 is 0 Å². The van der Waals surface area contributed by atoms with E-state index < -0.39 is 5.54 Å². The fourth-order valence-corrected chi connectivity index (χ4v) is 1.86. The quantitative estimate of drug-likeness (QED) is 0.834. The maximum absolute atomic E-state index is 9.11. The number of hydrogen-bond donors (Lipinski definition) is 2. The molecule has 0 aliphatic rings. The number of aliphatic hydroxyl groups is 1. The van der Waals surface area contributed by atoms with Gasteiger partial charge in [0.05, 0.1) is 28.6 Å². The summed E-state index contributed by atoms with van der Waals surface area (Å²) in [5.74, 6) is 0.556. The number of aromatic nitrogens is 2. The van der Waals surface area contributed by atoms with E-state index in [2.05, 4.69) is 15.3 Å². The summed E-state index contributed by atoms with van der Waals surface area (Å²) >= 11 is 1.62. The molecule has 4 nitrogen and oxygen atoms in total. The summed E-state index contributed by atoms with van der Waals surface area (Å²) < 4.78 is 1.07. The Balaban J connectivity index is 2.28. The largest absolute Gasteiger partial charge is 0.394 e. The smallest absolute Gasteiger partial charge is 0.223 e. The highest BCUT2D eigenvalue weighted by molar-refractivity contribution is 7.17. The third-order valence-electron chi connectivity index (χ3n) is 2.05. The number of thiophene rings is 1. The molecule has 0 atom stereocenters. The molecule has 0 aliphatic heterocycles. The van der Waals surface area contributed by atoms with Gasteiger partial charge in [0.1, 0.15) is 0 Å². The average Bonchev–Trinajstić information content (AvgIpc) is 2.64. The first-order chi connectivity index (χ1) is 7.11. The minimum Gasteiger partial charge on any atom is -0.394 e. The second-order valence-corrected chi connectivity index (χ2v) is 4.98.